The molecule has 130 valence electrons. The van der Waals surface area contributed by atoms with E-state index in [0.29, 0.717) is 5.16 Å². The number of amides is 1. The average molecular weight is 359 g/mol. The van der Waals surface area contributed by atoms with E-state index in [9.17, 15) is 14.7 Å². The van der Waals surface area contributed by atoms with E-state index in [1.807, 2.05) is 24.3 Å². The van der Waals surface area contributed by atoms with Crippen LogP contribution in [0.15, 0.2) is 41.9 Å². The Balaban J connectivity index is 1.64. The quantitative estimate of drug-likeness (QED) is 0.546. The van der Waals surface area contributed by atoms with Gasteiger partial charge in [0.15, 0.2) is 5.16 Å². The van der Waals surface area contributed by atoms with Crippen LogP contribution in [-0.2, 0) is 23.1 Å². The molecule has 8 nitrogen and oxygen atoms in total. The van der Waals surface area contributed by atoms with E-state index in [0.717, 1.165) is 16.5 Å². The lowest BCUT2D eigenvalue weighted by Crippen LogP contribution is -2.43. The van der Waals surface area contributed by atoms with E-state index in [-0.39, 0.29) is 18.1 Å². The summed E-state index contributed by atoms with van der Waals surface area (Å²) >= 11 is 1.20. The second kappa shape index (κ2) is 7.39. The summed E-state index contributed by atoms with van der Waals surface area (Å²) in [6, 6.07) is 6.65. The van der Waals surface area contributed by atoms with Crippen LogP contribution in [0.3, 0.4) is 0 Å². The fourth-order valence-electron chi connectivity index (χ4n) is 2.49. The van der Waals surface area contributed by atoms with Gasteiger partial charge >= 0.3 is 5.97 Å². The van der Waals surface area contributed by atoms with Gasteiger partial charge in [-0.25, -0.2) is 4.79 Å². The maximum atomic E-state index is 12.1. The van der Waals surface area contributed by atoms with Gasteiger partial charge in [0.25, 0.3) is 0 Å². The molecule has 3 rings (SSSR count). The van der Waals surface area contributed by atoms with Crippen molar-refractivity contribution in [3.8, 4) is 0 Å². The first-order valence-corrected chi connectivity index (χ1v) is 8.57. The molecule has 2 heterocycles. The van der Waals surface area contributed by atoms with Crippen molar-refractivity contribution in [2.24, 2.45) is 7.05 Å². The first-order valence-electron chi connectivity index (χ1n) is 7.58. The van der Waals surface area contributed by atoms with Crippen LogP contribution < -0.4 is 5.32 Å². The van der Waals surface area contributed by atoms with Crippen LogP contribution in [0.1, 0.15) is 5.56 Å². The number of nitrogens with one attached hydrogen (secondary N) is 2. The number of aliphatic carboxylic acids is 1. The molecule has 0 saturated heterocycles. The smallest absolute Gasteiger partial charge is 0.326 e. The number of nitrogens with zero attached hydrogens (tertiary/aromatic N) is 3. The Morgan fingerprint density at radius 2 is 2.20 bits per heavy atom. The van der Waals surface area contributed by atoms with Crippen molar-refractivity contribution in [3.63, 3.8) is 0 Å². The third-order valence-corrected chi connectivity index (χ3v) is 4.77. The van der Waals surface area contributed by atoms with E-state index in [4.69, 9.17) is 0 Å². The van der Waals surface area contributed by atoms with Crippen LogP contribution >= 0.6 is 11.8 Å². The second-order valence-corrected chi connectivity index (χ2v) is 6.48. The monoisotopic (exact) mass is 359 g/mol. The number of aromatic amines is 1. The topological polar surface area (TPSA) is 113 Å². The number of carboxylic acids is 1. The predicted octanol–water partition coefficient (Wildman–Crippen LogP) is 1.20. The number of carbonyl (C=O) groups excluding carboxylic acids is 1. The molecule has 0 saturated carbocycles. The minimum Gasteiger partial charge on any atom is -0.480 e. The molecule has 25 heavy (non-hydrogen) atoms. The number of thioether (sulfide) groups is 1. The summed E-state index contributed by atoms with van der Waals surface area (Å²) in [4.78, 5) is 26.7. The zero-order valence-electron chi connectivity index (χ0n) is 13.5. The molecule has 0 aliphatic heterocycles. The van der Waals surface area contributed by atoms with Crippen molar-refractivity contribution < 1.29 is 14.7 Å². The average Bonchev–Trinajstić information content (AvgIpc) is 3.19. The largest absolute Gasteiger partial charge is 0.480 e. The number of aromatic nitrogens is 4. The molecule has 2 aromatic heterocycles. The van der Waals surface area contributed by atoms with Crippen LogP contribution in [0.4, 0.5) is 0 Å². The number of hydrogen-bond acceptors (Lipinski definition) is 5. The van der Waals surface area contributed by atoms with Crippen molar-refractivity contribution in [1.29, 1.82) is 0 Å². The first kappa shape index (κ1) is 17.0. The van der Waals surface area contributed by atoms with Gasteiger partial charge in [-0.2, -0.15) is 0 Å². The summed E-state index contributed by atoms with van der Waals surface area (Å²) < 4.78 is 1.69. The highest BCUT2D eigenvalue weighted by Gasteiger charge is 2.22. The van der Waals surface area contributed by atoms with Crippen LogP contribution in [0.2, 0.25) is 0 Å². The van der Waals surface area contributed by atoms with Crippen molar-refractivity contribution in [1.82, 2.24) is 25.1 Å². The summed E-state index contributed by atoms with van der Waals surface area (Å²) in [5.74, 6) is -1.35. The lowest BCUT2D eigenvalue weighted by Gasteiger charge is -2.14. The van der Waals surface area contributed by atoms with Gasteiger partial charge in [-0.1, -0.05) is 30.0 Å². The van der Waals surface area contributed by atoms with E-state index < -0.39 is 12.0 Å². The van der Waals surface area contributed by atoms with Crippen LogP contribution in [0.5, 0.6) is 0 Å². The van der Waals surface area contributed by atoms with Crippen LogP contribution in [-0.4, -0.2) is 48.5 Å². The Bertz CT molecular complexity index is 904. The Morgan fingerprint density at radius 1 is 1.40 bits per heavy atom. The summed E-state index contributed by atoms with van der Waals surface area (Å²) in [5.41, 5.74) is 1.79. The molecule has 0 radical (unpaired) electrons. The van der Waals surface area contributed by atoms with Crippen molar-refractivity contribution in [2.75, 3.05) is 5.75 Å². The summed E-state index contributed by atoms with van der Waals surface area (Å²) in [5, 5.41) is 21.2. The zero-order valence-corrected chi connectivity index (χ0v) is 14.3. The number of carboxylic acid groups (broad SMARTS) is 1. The number of carbonyl (C=O) groups is 2. The fourth-order valence-corrected chi connectivity index (χ4v) is 3.19. The molecular weight excluding hydrogens is 342 g/mol. The van der Waals surface area contributed by atoms with E-state index in [1.54, 1.807) is 17.8 Å². The highest BCUT2D eigenvalue weighted by molar-refractivity contribution is 7.99. The molecule has 0 spiro atoms. The summed E-state index contributed by atoms with van der Waals surface area (Å²) in [7, 11) is 1.78. The Morgan fingerprint density at radius 3 is 2.92 bits per heavy atom. The predicted molar refractivity (Wildman–Crippen MR) is 93.3 cm³/mol. The minimum atomic E-state index is -1.07. The summed E-state index contributed by atoms with van der Waals surface area (Å²) in [6.07, 6.45) is 3.53. The van der Waals surface area contributed by atoms with E-state index in [1.165, 1.54) is 18.1 Å². The highest BCUT2D eigenvalue weighted by atomic mass is 32.2. The molecule has 1 atom stereocenters. The van der Waals surface area contributed by atoms with Gasteiger partial charge in [-0.3, -0.25) is 4.79 Å². The molecule has 3 N–H and O–H groups in total. The number of rotatable bonds is 7. The highest BCUT2D eigenvalue weighted by Crippen LogP contribution is 2.19. The molecule has 0 unspecified atom stereocenters. The number of benzene rings is 1. The zero-order chi connectivity index (χ0) is 17.8. The van der Waals surface area contributed by atoms with E-state index >= 15 is 0 Å². The van der Waals surface area contributed by atoms with Crippen molar-refractivity contribution in [3.05, 3.63) is 42.4 Å². The lowest BCUT2D eigenvalue weighted by atomic mass is 10.1. The van der Waals surface area contributed by atoms with Crippen LogP contribution in [0.25, 0.3) is 10.9 Å². The van der Waals surface area contributed by atoms with Gasteiger partial charge in [0.1, 0.15) is 12.4 Å². The number of fused-ring (bicyclic) bond motifs is 1. The lowest BCUT2D eigenvalue weighted by molar-refractivity contribution is -0.141. The molecule has 0 aliphatic rings. The van der Waals surface area contributed by atoms with E-state index in [2.05, 4.69) is 20.5 Å². The number of H-pyrrole nitrogens is 1. The van der Waals surface area contributed by atoms with Gasteiger partial charge in [0.05, 0.1) is 5.75 Å². The molecule has 1 amide bonds. The molecular formula is C16H17N5O3S. The molecule has 0 bridgehead atoms. The summed E-state index contributed by atoms with van der Waals surface area (Å²) in [6.45, 7) is 0. The third-order valence-electron chi connectivity index (χ3n) is 3.73. The third kappa shape index (κ3) is 4.00. The minimum absolute atomic E-state index is 0.0736. The SMILES string of the molecule is Cn1cnnc1SCC(=O)N[C@@H](Cc1c[nH]c2ccccc12)C(=O)O. The second-order valence-electron chi connectivity index (χ2n) is 5.54. The molecule has 9 heteroatoms. The number of hydrogen-bond donors (Lipinski definition) is 3. The van der Waals surface area contributed by atoms with Gasteiger partial charge < -0.3 is 20.0 Å². The molecule has 3 aromatic rings. The van der Waals surface area contributed by atoms with Crippen molar-refractivity contribution >= 4 is 34.5 Å². The molecule has 0 fully saturated rings. The van der Waals surface area contributed by atoms with Crippen LogP contribution in [0, 0.1) is 0 Å². The molecule has 1 aromatic carbocycles. The van der Waals surface area contributed by atoms with Crippen molar-refractivity contribution in [2.45, 2.75) is 17.6 Å². The maximum absolute atomic E-state index is 12.1. The van der Waals surface area contributed by atoms with Gasteiger partial charge in [-0.15, -0.1) is 10.2 Å². The molecule has 0 aliphatic carbocycles. The Kier molecular flexibility index (Phi) is 5.03. The normalized spacial score (nSPS) is 12.2. The first-order chi connectivity index (χ1) is 12.0. The number of para-hydroxylation sites is 1. The van der Waals surface area contributed by atoms with Gasteiger partial charge in [0, 0.05) is 30.6 Å². The standard InChI is InChI=1S/C16H17N5O3S/c1-21-9-18-20-16(21)25-8-14(22)19-13(15(23)24)6-10-7-17-12-5-3-2-4-11(10)12/h2-5,7,9,13,17H,6,8H2,1H3,(H,19,22)(H,23,24)/t13-/m0/s1. The number of aryl methyl sites for hydroxylation is 1. The van der Waals surface area contributed by atoms with Gasteiger partial charge in [0.2, 0.25) is 5.91 Å². The van der Waals surface area contributed by atoms with Gasteiger partial charge in [-0.05, 0) is 11.6 Å². The fraction of sp³-hybridized carbons (Fsp3) is 0.250. The Hall–Kier alpha value is -2.81. The maximum Gasteiger partial charge on any atom is 0.326 e. The Labute approximate surface area is 147 Å².